The van der Waals surface area contributed by atoms with Gasteiger partial charge in [0, 0.05) is 30.4 Å². The molecule has 1 aliphatic carbocycles. The molecular weight excluding hydrogens is 440 g/mol. The maximum absolute atomic E-state index is 13.7. The molecule has 3 aromatic rings. The van der Waals surface area contributed by atoms with E-state index in [4.69, 9.17) is 16.3 Å². The molecule has 10 heteroatoms. The highest BCUT2D eigenvalue weighted by Gasteiger charge is 2.32. The van der Waals surface area contributed by atoms with Crippen molar-refractivity contribution in [3.63, 3.8) is 0 Å². The number of ether oxygens (including phenoxy) is 1. The summed E-state index contributed by atoms with van der Waals surface area (Å²) in [7, 11) is 0. The molecule has 32 heavy (non-hydrogen) atoms. The van der Waals surface area contributed by atoms with Gasteiger partial charge >= 0.3 is 0 Å². The number of imidazole rings is 1. The number of amides is 1. The largest absolute Gasteiger partial charge is 0.368 e. The Labute approximate surface area is 188 Å². The molecule has 1 amide bonds. The predicted octanol–water partition coefficient (Wildman–Crippen LogP) is 4.08. The van der Waals surface area contributed by atoms with Crippen molar-refractivity contribution in [3.8, 4) is 11.3 Å². The molecule has 2 heterocycles. The van der Waals surface area contributed by atoms with Crippen LogP contribution in [0.25, 0.3) is 17.0 Å². The number of carbonyl (C=O) groups excluding carboxylic acids is 1. The van der Waals surface area contributed by atoms with Gasteiger partial charge in [-0.05, 0) is 25.0 Å². The molecule has 1 aliphatic rings. The van der Waals surface area contributed by atoms with Crippen molar-refractivity contribution in [2.45, 2.75) is 31.4 Å². The first-order valence-electron chi connectivity index (χ1n) is 10.1. The number of nitrogens with one attached hydrogen (secondary N) is 1. The first kappa shape index (κ1) is 22.2. The fourth-order valence-corrected chi connectivity index (χ4v) is 3.54. The Kier molecular flexibility index (Phi) is 6.66. The van der Waals surface area contributed by atoms with Gasteiger partial charge in [-0.2, -0.15) is 5.10 Å². The average molecular weight is 462 g/mol. The number of carbonyl (C=O) groups is 1. The van der Waals surface area contributed by atoms with Crippen LogP contribution in [-0.4, -0.2) is 44.5 Å². The number of hydrogen-bond donors (Lipinski definition) is 1. The minimum atomic E-state index is -0.504. The molecule has 1 aromatic carbocycles. The van der Waals surface area contributed by atoms with Crippen LogP contribution in [0.5, 0.6) is 0 Å². The second-order valence-electron chi connectivity index (χ2n) is 7.66. The lowest BCUT2D eigenvalue weighted by atomic mass is 9.89. The van der Waals surface area contributed by atoms with E-state index in [0.717, 1.165) is 5.70 Å². The van der Waals surface area contributed by atoms with Crippen LogP contribution in [0.4, 0.5) is 8.78 Å². The fraction of sp³-hybridized carbons (Fsp3) is 0.318. The predicted molar refractivity (Wildman–Crippen MR) is 116 cm³/mol. The molecule has 0 atom stereocenters. The Bertz CT molecular complexity index is 1120. The highest BCUT2D eigenvalue weighted by Crippen LogP contribution is 2.33. The molecule has 4 rings (SSSR count). The van der Waals surface area contributed by atoms with Crippen molar-refractivity contribution in [3.05, 3.63) is 66.4 Å². The van der Waals surface area contributed by atoms with Gasteiger partial charge in [0.15, 0.2) is 5.82 Å². The van der Waals surface area contributed by atoms with Crippen molar-refractivity contribution >= 4 is 23.2 Å². The third-order valence-electron chi connectivity index (χ3n) is 5.36. The van der Waals surface area contributed by atoms with Gasteiger partial charge in [-0.25, -0.2) is 13.8 Å². The molecule has 1 saturated carbocycles. The standard InChI is InChI=1S/C22H22ClF2N5O2/c1-14(29-11-21(27-13-29)15-2-3-19(23)20(25)6-15)4-5-26-22(31)12-32-18-7-17(8-18)30-10-16(24)9-28-30/h2-3,6,9-11,13,17-18H,1,4-5,7-8,12H2,(H,26,31). The molecule has 0 radical (unpaired) electrons. The third kappa shape index (κ3) is 5.23. The van der Waals surface area contributed by atoms with Gasteiger partial charge in [0.25, 0.3) is 0 Å². The Morgan fingerprint density at radius 1 is 1.31 bits per heavy atom. The van der Waals surface area contributed by atoms with Crippen LogP contribution in [0.15, 0.2) is 49.7 Å². The smallest absolute Gasteiger partial charge is 0.246 e. The monoisotopic (exact) mass is 461 g/mol. The van der Waals surface area contributed by atoms with Crippen LogP contribution in [0.3, 0.4) is 0 Å². The zero-order chi connectivity index (χ0) is 22.7. The van der Waals surface area contributed by atoms with Crippen molar-refractivity contribution in [2.75, 3.05) is 13.2 Å². The van der Waals surface area contributed by atoms with E-state index >= 15 is 0 Å². The number of benzene rings is 1. The SMILES string of the molecule is C=C(CCNC(=O)COC1CC(n2cc(F)cn2)C1)n1cnc(-c2ccc(Cl)c(F)c2)c1. The maximum Gasteiger partial charge on any atom is 0.246 e. The van der Waals surface area contributed by atoms with Crippen LogP contribution in [-0.2, 0) is 9.53 Å². The van der Waals surface area contributed by atoms with Crippen LogP contribution in [0, 0.1) is 11.6 Å². The van der Waals surface area contributed by atoms with Gasteiger partial charge < -0.3 is 14.6 Å². The highest BCUT2D eigenvalue weighted by molar-refractivity contribution is 6.30. The van der Waals surface area contributed by atoms with E-state index in [1.54, 1.807) is 27.8 Å². The number of nitrogens with zero attached hydrogens (tertiary/aromatic N) is 4. The number of hydrogen-bond acceptors (Lipinski definition) is 4. The Morgan fingerprint density at radius 2 is 2.12 bits per heavy atom. The average Bonchev–Trinajstić information content (AvgIpc) is 3.38. The molecule has 2 aromatic heterocycles. The fourth-order valence-electron chi connectivity index (χ4n) is 3.42. The van der Waals surface area contributed by atoms with Gasteiger partial charge in [0.1, 0.15) is 12.4 Å². The molecule has 0 unspecified atom stereocenters. The summed E-state index contributed by atoms with van der Waals surface area (Å²) in [5, 5.41) is 6.80. The van der Waals surface area contributed by atoms with Crippen molar-refractivity contribution in [1.82, 2.24) is 24.6 Å². The Morgan fingerprint density at radius 3 is 2.84 bits per heavy atom. The Balaban J connectivity index is 1.15. The zero-order valence-corrected chi connectivity index (χ0v) is 17.9. The van der Waals surface area contributed by atoms with Crippen LogP contribution >= 0.6 is 11.6 Å². The van der Waals surface area contributed by atoms with E-state index in [-0.39, 0.29) is 35.5 Å². The minimum absolute atomic E-state index is 0.0324. The number of rotatable bonds is 9. The lowest BCUT2D eigenvalue weighted by molar-refractivity contribution is -0.130. The van der Waals surface area contributed by atoms with E-state index in [1.165, 1.54) is 24.5 Å². The van der Waals surface area contributed by atoms with Crippen molar-refractivity contribution in [1.29, 1.82) is 0 Å². The van der Waals surface area contributed by atoms with E-state index in [2.05, 4.69) is 22.0 Å². The molecule has 0 saturated heterocycles. The summed E-state index contributed by atoms with van der Waals surface area (Å²) in [6.07, 6.45) is 7.75. The summed E-state index contributed by atoms with van der Waals surface area (Å²) in [6, 6.07) is 4.62. The van der Waals surface area contributed by atoms with E-state index < -0.39 is 5.82 Å². The van der Waals surface area contributed by atoms with E-state index in [9.17, 15) is 13.6 Å². The van der Waals surface area contributed by atoms with E-state index in [0.29, 0.717) is 37.1 Å². The first-order valence-corrected chi connectivity index (χ1v) is 10.5. The number of halogens is 3. The molecule has 1 N–H and O–H groups in total. The highest BCUT2D eigenvalue weighted by atomic mass is 35.5. The normalized spacial score (nSPS) is 17.7. The third-order valence-corrected chi connectivity index (χ3v) is 5.67. The minimum Gasteiger partial charge on any atom is -0.368 e. The summed E-state index contributed by atoms with van der Waals surface area (Å²) < 4.78 is 35.6. The van der Waals surface area contributed by atoms with E-state index in [1.807, 2.05) is 0 Å². The van der Waals surface area contributed by atoms with Crippen molar-refractivity contribution < 1.29 is 18.3 Å². The lowest BCUT2D eigenvalue weighted by Crippen LogP contribution is -2.37. The summed E-state index contributed by atoms with van der Waals surface area (Å²) in [6.45, 7) is 4.37. The summed E-state index contributed by atoms with van der Waals surface area (Å²) >= 11 is 5.72. The quantitative estimate of drug-likeness (QED) is 0.521. The number of aromatic nitrogens is 4. The van der Waals surface area contributed by atoms with Crippen LogP contribution < -0.4 is 5.32 Å². The summed E-state index contributed by atoms with van der Waals surface area (Å²) in [5.41, 5.74) is 1.93. The van der Waals surface area contributed by atoms with Crippen molar-refractivity contribution in [2.24, 2.45) is 0 Å². The van der Waals surface area contributed by atoms with Gasteiger partial charge in [0.05, 0.1) is 41.6 Å². The molecule has 0 spiro atoms. The molecule has 168 valence electrons. The molecule has 0 bridgehead atoms. The molecule has 1 fully saturated rings. The topological polar surface area (TPSA) is 74.0 Å². The lowest BCUT2D eigenvalue weighted by Gasteiger charge is -2.34. The van der Waals surface area contributed by atoms with Gasteiger partial charge in [-0.1, -0.05) is 24.2 Å². The Hall–Kier alpha value is -3.04. The second-order valence-corrected chi connectivity index (χ2v) is 8.07. The van der Waals surface area contributed by atoms with Crippen LogP contribution in [0.1, 0.15) is 25.3 Å². The van der Waals surface area contributed by atoms with Crippen LogP contribution in [0.2, 0.25) is 5.02 Å². The van der Waals surface area contributed by atoms with Gasteiger partial charge in [-0.3, -0.25) is 9.48 Å². The summed E-state index contributed by atoms with van der Waals surface area (Å²) in [5.74, 6) is -1.08. The molecule has 7 nitrogen and oxygen atoms in total. The molecule has 0 aliphatic heterocycles. The molecular formula is C22H22ClF2N5O2. The summed E-state index contributed by atoms with van der Waals surface area (Å²) in [4.78, 5) is 16.3. The van der Waals surface area contributed by atoms with Gasteiger partial charge in [0.2, 0.25) is 5.91 Å². The second kappa shape index (κ2) is 9.62. The first-order chi connectivity index (χ1) is 15.4. The zero-order valence-electron chi connectivity index (χ0n) is 17.2. The maximum atomic E-state index is 13.7. The van der Waals surface area contributed by atoms with Gasteiger partial charge in [-0.15, -0.1) is 0 Å².